The largest absolute Gasteiger partial charge is 0.288 e. The van der Waals surface area contributed by atoms with Crippen LogP contribution in [0.3, 0.4) is 0 Å². The molecule has 0 radical (unpaired) electrons. The Labute approximate surface area is 134 Å². The van der Waals surface area contributed by atoms with E-state index in [0.29, 0.717) is 12.4 Å². The molecule has 3 aromatic rings. The van der Waals surface area contributed by atoms with Gasteiger partial charge in [-0.1, -0.05) is 48.5 Å². The van der Waals surface area contributed by atoms with Crippen molar-refractivity contribution < 1.29 is 9.18 Å². The molecule has 3 rings (SSSR count). The summed E-state index contributed by atoms with van der Waals surface area (Å²) in [4.78, 5) is 18.5. The van der Waals surface area contributed by atoms with Crippen LogP contribution in [-0.4, -0.2) is 10.9 Å². The molecule has 0 fully saturated rings. The second-order valence-electron chi connectivity index (χ2n) is 5.04. The molecular formula is C19H15FN2O. The van der Waals surface area contributed by atoms with Gasteiger partial charge >= 0.3 is 0 Å². The fourth-order valence-corrected chi connectivity index (χ4v) is 2.32. The summed E-state index contributed by atoms with van der Waals surface area (Å²) in [6.07, 6.45) is 1.61. The predicted molar refractivity (Wildman–Crippen MR) is 87.6 cm³/mol. The van der Waals surface area contributed by atoms with Gasteiger partial charge in [0.15, 0.2) is 0 Å². The number of hydrogen-bond donors (Lipinski definition) is 0. The first-order valence-electron chi connectivity index (χ1n) is 7.27. The van der Waals surface area contributed by atoms with E-state index in [1.165, 1.54) is 17.0 Å². The molecule has 0 bridgehead atoms. The van der Waals surface area contributed by atoms with Crippen LogP contribution in [0.1, 0.15) is 15.9 Å². The lowest BCUT2D eigenvalue weighted by atomic mass is 10.1. The van der Waals surface area contributed by atoms with Gasteiger partial charge in [-0.25, -0.2) is 9.37 Å². The van der Waals surface area contributed by atoms with Crippen molar-refractivity contribution in [2.45, 2.75) is 6.54 Å². The summed E-state index contributed by atoms with van der Waals surface area (Å²) < 4.78 is 14.0. The Kier molecular flexibility index (Phi) is 4.43. The molecule has 114 valence electrons. The van der Waals surface area contributed by atoms with E-state index in [1.54, 1.807) is 36.5 Å². The molecule has 1 amide bonds. The Morgan fingerprint density at radius 3 is 2.30 bits per heavy atom. The molecule has 0 atom stereocenters. The topological polar surface area (TPSA) is 33.2 Å². The monoisotopic (exact) mass is 306 g/mol. The molecule has 1 aromatic heterocycles. The van der Waals surface area contributed by atoms with Gasteiger partial charge in [0.1, 0.15) is 11.6 Å². The quantitative estimate of drug-likeness (QED) is 0.728. The van der Waals surface area contributed by atoms with Crippen LogP contribution in [0.5, 0.6) is 0 Å². The van der Waals surface area contributed by atoms with Crippen LogP contribution in [0, 0.1) is 5.82 Å². The van der Waals surface area contributed by atoms with Crippen LogP contribution in [0.15, 0.2) is 79.0 Å². The number of halogens is 1. The number of pyridine rings is 1. The Morgan fingerprint density at radius 2 is 1.61 bits per heavy atom. The first-order chi connectivity index (χ1) is 11.3. The lowest BCUT2D eigenvalue weighted by Crippen LogP contribution is -2.31. The third kappa shape index (κ3) is 3.43. The minimum Gasteiger partial charge on any atom is -0.288 e. The first kappa shape index (κ1) is 14.9. The summed E-state index contributed by atoms with van der Waals surface area (Å²) in [5, 5.41) is 0. The summed E-state index contributed by atoms with van der Waals surface area (Å²) in [5.41, 5.74) is 0.983. The molecular weight excluding hydrogens is 291 g/mol. The molecule has 0 N–H and O–H groups in total. The highest BCUT2D eigenvalue weighted by atomic mass is 19.1. The number of rotatable bonds is 4. The third-order valence-electron chi connectivity index (χ3n) is 3.46. The summed E-state index contributed by atoms with van der Waals surface area (Å²) in [7, 11) is 0. The van der Waals surface area contributed by atoms with Crippen molar-refractivity contribution in [2.24, 2.45) is 0 Å². The standard InChI is InChI=1S/C19H15FN2O/c20-17-11-5-4-10-16(17)19(23)22(18-12-6-7-13-21-18)14-15-8-2-1-3-9-15/h1-13H,14H2. The van der Waals surface area contributed by atoms with Gasteiger partial charge in [-0.15, -0.1) is 0 Å². The lowest BCUT2D eigenvalue weighted by Gasteiger charge is -2.22. The first-order valence-corrected chi connectivity index (χ1v) is 7.27. The molecule has 0 saturated carbocycles. The Hall–Kier alpha value is -3.01. The van der Waals surface area contributed by atoms with Crippen molar-refractivity contribution in [2.75, 3.05) is 4.90 Å². The van der Waals surface area contributed by atoms with E-state index < -0.39 is 11.7 Å². The predicted octanol–water partition coefficient (Wildman–Crippen LogP) is 4.07. The van der Waals surface area contributed by atoms with E-state index in [-0.39, 0.29) is 5.56 Å². The van der Waals surface area contributed by atoms with Gasteiger partial charge in [-0.05, 0) is 29.8 Å². The van der Waals surface area contributed by atoms with Gasteiger partial charge < -0.3 is 0 Å². The van der Waals surface area contributed by atoms with Crippen molar-refractivity contribution in [3.63, 3.8) is 0 Å². The van der Waals surface area contributed by atoms with Crippen molar-refractivity contribution in [3.8, 4) is 0 Å². The summed E-state index contributed by atoms with van der Waals surface area (Å²) in [6.45, 7) is 0.324. The van der Waals surface area contributed by atoms with Crippen LogP contribution < -0.4 is 4.90 Å². The minimum atomic E-state index is -0.536. The van der Waals surface area contributed by atoms with E-state index in [0.717, 1.165) is 5.56 Å². The fraction of sp³-hybridized carbons (Fsp3) is 0.0526. The van der Waals surface area contributed by atoms with Crippen molar-refractivity contribution in [1.29, 1.82) is 0 Å². The second kappa shape index (κ2) is 6.83. The molecule has 4 heteroatoms. The van der Waals surface area contributed by atoms with E-state index >= 15 is 0 Å². The fourth-order valence-electron chi connectivity index (χ4n) is 2.32. The highest BCUT2D eigenvalue weighted by molar-refractivity contribution is 6.05. The molecule has 0 aliphatic heterocycles. The molecule has 0 saturated heterocycles. The van der Waals surface area contributed by atoms with E-state index in [2.05, 4.69) is 4.98 Å². The number of carbonyl (C=O) groups is 1. The molecule has 0 aliphatic carbocycles. The molecule has 3 nitrogen and oxygen atoms in total. The summed E-state index contributed by atoms with van der Waals surface area (Å²) in [6, 6.07) is 20.9. The van der Waals surface area contributed by atoms with Gasteiger partial charge in [0.05, 0.1) is 12.1 Å². The number of aromatic nitrogens is 1. The Morgan fingerprint density at radius 1 is 0.913 bits per heavy atom. The van der Waals surface area contributed by atoms with Crippen LogP contribution in [0.4, 0.5) is 10.2 Å². The Bertz CT molecular complexity index is 791. The number of anilines is 1. The van der Waals surface area contributed by atoms with E-state index in [1.807, 2.05) is 30.3 Å². The van der Waals surface area contributed by atoms with Gasteiger partial charge in [0, 0.05) is 6.20 Å². The molecule has 0 aliphatic rings. The minimum absolute atomic E-state index is 0.0362. The maximum Gasteiger partial charge on any atom is 0.262 e. The summed E-state index contributed by atoms with van der Waals surface area (Å²) in [5.74, 6) is -0.457. The number of nitrogens with zero attached hydrogens (tertiary/aromatic N) is 2. The van der Waals surface area contributed by atoms with Gasteiger partial charge in [0.2, 0.25) is 0 Å². The van der Waals surface area contributed by atoms with Crippen molar-refractivity contribution in [1.82, 2.24) is 4.98 Å². The van der Waals surface area contributed by atoms with Gasteiger partial charge in [-0.3, -0.25) is 9.69 Å². The average molecular weight is 306 g/mol. The average Bonchev–Trinajstić information content (AvgIpc) is 2.61. The van der Waals surface area contributed by atoms with Crippen LogP contribution >= 0.6 is 0 Å². The Balaban J connectivity index is 1.98. The highest BCUT2D eigenvalue weighted by Gasteiger charge is 2.21. The number of amides is 1. The van der Waals surface area contributed by atoms with Gasteiger partial charge in [-0.2, -0.15) is 0 Å². The maximum absolute atomic E-state index is 14.0. The highest BCUT2D eigenvalue weighted by Crippen LogP contribution is 2.19. The van der Waals surface area contributed by atoms with Gasteiger partial charge in [0.25, 0.3) is 5.91 Å². The number of carbonyl (C=O) groups excluding carboxylic acids is 1. The van der Waals surface area contributed by atoms with Crippen LogP contribution in [0.25, 0.3) is 0 Å². The zero-order chi connectivity index (χ0) is 16.1. The number of benzene rings is 2. The zero-order valence-electron chi connectivity index (χ0n) is 12.4. The smallest absolute Gasteiger partial charge is 0.262 e. The third-order valence-corrected chi connectivity index (χ3v) is 3.46. The molecule has 1 heterocycles. The van der Waals surface area contributed by atoms with Crippen LogP contribution in [-0.2, 0) is 6.54 Å². The number of hydrogen-bond acceptors (Lipinski definition) is 2. The summed E-state index contributed by atoms with van der Waals surface area (Å²) >= 11 is 0. The molecule has 0 spiro atoms. The van der Waals surface area contributed by atoms with E-state index in [9.17, 15) is 9.18 Å². The maximum atomic E-state index is 14.0. The van der Waals surface area contributed by atoms with E-state index in [4.69, 9.17) is 0 Å². The lowest BCUT2D eigenvalue weighted by molar-refractivity contribution is 0.0980. The molecule has 2 aromatic carbocycles. The molecule has 23 heavy (non-hydrogen) atoms. The SMILES string of the molecule is O=C(c1ccccc1F)N(Cc1ccccc1)c1ccccn1. The van der Waals surface area contributed by atoms with Crippen LogP contribution in [0.2, 0.25) is 0 Å². The van der Waals surface area contributed by atoms with Crippen molar-refractivity contribution >= 4 is 11.7 Å². The van der Waals surface area contributed by atoms with Crippen molar-refractivity contribution in [3.05, 3.63) is 95.9 Å². The normalized spacial score (nSPS) is 10.3. The molecule has 0 unspecified atom stereocenters. The zero-order valence-corrected chi connectivity index (χ0v) is 12.4. The second-order valence-corrected chi connectivity index (χ2v) is 5.04.